The first-order chi connectivity index (χ1) is 11.5. The van der Waals surface area contributed by atoms with Gasteiger partial charge in [-0.25, -0.2) is 4.57 Å². The maximum absolute atomic E-state index is 11.1. The monoisotopic (exact) mass is 404 g/mol. The first-order valence-electron chi connectivity index (χ1n) is 9.73. The third-order valence-corrected chi connectivity index (χ3v) is 4.65. The Bertz CT molecular complexity index is 352. The predicted octanol–water partition coefficient (Wildman–Crippen LogP) is 3.00. The van der Waals surface area contributed by atoms with E-state index >= 15 is 0 Å². The maximum atomic E-state index is 11.1. The third-order valence-electron chi connectivity index (χ3n) is 4.21. The molecule has 0 radical (unpaired) electrons. The number of unbranched alkanes of at least 4 members (excludes halogenated alkanes) is 14. The molecule has 0 bridgehead atoms. The van der Waals surface area contributed by atoms with Crippen LogP contribution in [0.5, 0.6) is 0 Å². The smallest absolute Gasteiger partial charge is 1.00 e. The zero-order valence-electron chi connectivity index (χ0n) is 17.4. The van der Waals surface area contributed by atoms with E-state index in [1.165, 1.54) is 77.0 Å². The van der Waals surface area contributed by atoms with Crippen molar-refractivity contribution in [2.24, 2.45) is 0 Å². The summed E-state index contributed by atoms with van der Waals surface area (Å²) in [4.78, 5) is 28.0. The minimum atomic E-state index is -4.66. The zero-order chi connectivity index (χ0) is 18.1. The Hall–Kier alpha value is 1.26. The van der Waals surface area contributed by atoms with Crippen LogP contribution in [0.25, 0.3) is 0 Å². The molecule has 0 aromatic carbocycles. The summed E-state index contributed by atoms with van der Waals surface area (Å²) in [5.74, 6) is -0.807. The molecule has 0 aliphatic rings. The third kappa shape index (κ3) is 25.3. The SMILES string of the molecule is CCCCCCCCCCCCCCCCCC(=O)OP(=O)(O)O.[H-].[K+]. The average Bonchev–Trinajstić information content (AvgIpc) is 2.49. The molecule has 5 nitrogen and oxygen atoms in total. The Morgan fingerprint density at radius 3 is 1.40 bits per heavy atom. The summed E-state index contributed by atoms with van der Waals surface area (Å²) >= 11 is 0. The van der Waals surface area contributed by atoms with E-state index in [1.807, 2.05) is 0 Å². The number of rotatable bonds is 17. The molecule has 0 unspecified atom stereocenters. The molecule has 0 aromatic heterocycles. The summed E-state index contributed by atoms with van der Waals surface area (Å²) in [6.45, 7) is 2.25. The van der Waals surface area contributed by atoms with Gasteiger partial charge in [-0.2, -0.15) is 0 Å². The van der Waals surface area contributed by atoms with Gasteiger partial charge in [-0.1, -0.05) is 96.8 Å². The average molecular weight is 405 g/mol. The second-order valence-corrected chi connectivity index (χ2v) is 7.82. The predicted molar refractivity (Wildman–Crippen MR) is 98.8 cm³/mol. The quantitative estimate of drug-likeness (QED) is 0.221. The summed E-state index contributed by atoms with van der Waals surface area (Å²) in [6, 6.07) is 0. The van der Waals surface area contributed by atoms with Crippen molar-refractivity contribution in [2.75, 3.05) is 0 Å². The van der Waals surface area contributed by atoms with E-state index in [0.717, 1.165) is 12.8 Å². The summed E-state index contributed by atoms with van der Waals surface area (Å²) in [5, 5.41) is 0. The van der Waals surface area contributed by atoms with Gasteiger partial charge in [-0.3, -0.25) is 14.6 Å². The van der Waals surface area contributed by atoms with Crippen molar-refractivity contribution in [3.63, 3.8) is 0 Å². The minimum Gasteiger partial charge on any atom is -1.00 e. The molecule has 7 heteroatoms. The van der Waals surface area contributed by atoms with Gasteiger partial charge in [0.25, 0.3) is 0 Å². The van der Waals surface area contributed by atoms with Gasteiger partial charge < -0.3 is 5.95 Å². The molecule has 146 valence electrons. The first kappa shape index (κ1) is 28.5. The number of hydrogen-bond donors (Lipinski definition) is 2. The van der Waals surface area contributed by atoms with Crippen LogP contribution in [0.4, 0.5) is 0 Å². The topological polar surface area (TPSA) is 83.8 Å². The van der Waals surface area contributed by atoms with Crippen LogP contribution in [0.2, 0.25) is 0 Å². The van der Waals surface area contributed by atoms with Crippen molar-refractivity contribution >= 4 is 13.8 Å². The largest absolute Gasteiger partial charge is 1.00 e. The van der Waals surface area contributed by atoms with E-state index in [4.69, 9.17) is 9.79 Å². The number of hydrogen-bond acceptors (Lipinski definition) is 3. The van der Waals surface area contributed by atoms with E-state index in [0.29, 0.717) is 6.42 Å². The number of phosphoric acid groups is 1. The van der Waals surface area contributed by atoms with Crippen LogP contribution < -0.4 is 51.4 Å². The second kappa shape index (κ2) is 20.0. The van der Waals surface area contributed by atoms with Gasteiger partial charge in [0.2, 0.25) is 0 Å². The molecule has 0 aliphatic carbocycles. The van der Waals surface area contributed by atoms with Crippen molar-refractivity contribution in [1.29, 1.82) is 0 Å². The van der Waals surface area contributed by atoms with Gasteiger partial charge in [-0.05, 0) is 6.42 Å². The summed E-state index contributed by atoms with van der Waals surface area (Å²) in [6.07, 6.45) is 18.7. The Morgan fingerprint density at radius 1 is 0.760 bits per heavy atom. The molecule has 0 aliphatic heterocycles. The fraction of sp³-hybridized carbons (Fsp3) is 0.944. The van der Waals surface area contributed by atoms with Crippen molar-refractivity contribution in [2.45, 2.75) is 110 Å². The summed E-state index contributed by atoms with van der Waals surface area (Å²) < 4.78 is 14.4. The van der Waals surface area contributed by atoms with Gasteiger partial charge in [0, 0.05) is 6.42 Å². The van der Waals surface area contributed by atoms with Crippen molar-refractivity contribution < 1.29 is 76.5 Å². The fourth-order valence-corrected chi connectivity index (χ4v) is 3.18. The van der Waals surface area contributed by atoms with Gasteiger partial charge in [0.1, 0.15) is 0 Å². The molecule has 0 saturated carbocycles. The van der Waals surface area contributed by atoms with Crippen LogP contribution in [0.1, 0.15) is 111 Å². The van der Waals surface area contributed by atoms with E-state index in [-0.39, 0.29) is 59.2 Å². The molecular weight excluding hydrogens is 366 g/mol. The van der Waals surface area contributed by atoms with E-state index in [2.05, 4.69) is 11.4 Å². The molecule has 0 atom stereocenters. The molecule has 0 heterocycles. The standard InChI is InChI=1S/C18H37O5P.K.H/c1-2-3-4-5-6-7-8-9-10-11-12-13-14-15-16-17-18(19)23-24(20,21)22;;/h2-17H2,1H3,(H2,20,21,22);;/q;+1;-1. The van der Waals surface area contributed by atoms with E-state index in [1.54, 1.807) is 0 Å². The summed E-state index contributed by atoms with van der Waals surface area (Å²) in [7, 11) is -4.66. The van der Waals surface area contributed by atoms with E-state index < -0.39 is 13.8 Å². The molecule has 0 amide bonds. The molecule has 0 rings (SSSR count). The molecule has 0 aromatic rings. The normalized spacial score (nSPS) is 11.2. The first-order valence-corrected chi connectivity index (χ1v) is 11.3. The number of carbonyl (C=O) groups excluding carboxylic acids is 1. The van der Waals surface area contributed by atoms with Crippen LogP contribution in [0, 0.1) is 0 Å². The minimum absolute atomic E-state index is 0. The maximum Gasteiger partial charge on any atom is 1.00 e. The molecule has 2 N–H and O–H groups in total. The van der Waals surface area contributed by atoms with E-state index in [9.17, 15) is 9.36 Å². The Morgan fingerprint density at radius 2 is 1.08 bits per heavy atom. The number of phosphoric ester groups is 1. The molecule has 0 fully saturated rings. The van der Waals surface area contributed by atoms with Crippen LogP contribution in [0.15, 0.2) is 0 Å². The van der Waals surface area contributed by atoms with Crippen LogP contribution in [0.3, 0.4) is 0 Å². The zero-order valence-corrected chi connectivity index (χ0v) is 20.4. The molecule has 25 heavy (non-hydrogen) atoms. The Labute approximate surface area is 198 Å². The molecule has 0 saturated heterocycles. The molecular formula is C18H38KO5P. The number of carbonyl (C=O) groups is 1. The van der Waals surface area contributed by atoms with Gasteiger partial charge in [0.15, 0.2) is 0 Å². The molecule has 0 spiro atoms. The summed E-state index contributed by atoms with van der Waals surface area (Å²) in [5.41, 5.74) is 0. The van der Waals surface area contributed by atoms with Crippen LogP contribution in [-0.4, -0.2) is 15.8 Å². The fourth-order valence-electron chi connectivity index (χ4n) is 2.82. The van der Waals surface area contributed by atoms with Crippen LogP contribution in [-0.2, 0) is 13.9 Å². The van der Waals surface area contributed by atoms with Crippen molar-refractivity contribution in [3.05, 3.63) is 0 Å². The van der Waals surface area contributed by atoms with Gasteiger partial charge in [-0.15, -0.1) is 0 Å². The van der Waals surface area contributed by atoms with Gasteiger partial charge >= 0.3 is 65.2 Å². The Kier molecular flexibility index (Phi) is 22.8. The second-order valence-electron chi connectivity index (χ2n) is 6.65. The van der Waals surface area contributed by atoms with Crippen LogP contribution >= 0.6 is 7.82 Å². The Balaban J connectivity index is -0.00000264. The van der Waals surface area contributed by atoms with Crippen molar-refractivity contribution in [3.8, 4) is 0 Å². The van der Waals surface area contributed by atoms with Gasteiger partial charge in [0.05, 0.1) is 0 Å². The van der Waals surface area contributed by atoms with Crippen molar-refractivity contribution in [1.82, 2.24) is 0 Å².